The zero-order valence-corrected chi connectivity index (χ0v) is 17.2. The van der Waals surface area contributed by atoms with Crippen molar-refractivity contribution in [1.82, 2.24) is 14.9 Å². The van der Waals surface area contributed by atoms with Gasteiger partial charge in [-0.2, -0.15) is 24.5 Å². The fourth-order valence-electron chi connectivity index (χ4n) is 3.54. The van der Waals surface area contributed by atoms with Gasteiger partial charge in [-0.3, -0.25) is 4.79 Å². The largest absolute Gasteiger partial charge is 0.490 e. The maximum Gasteiger partial charge on any atom is 0.490 e. The number of nitrogens with zero attached hydrogens (tertiary/aromatic N) is 4. The summed E-state index contributed by atoms with van der Waals surface area (Å²) in [6, 6.07) is 3.72. The van der Waals surface area contributed by atoms with Crippen LogP contribution in [-0.2, 0) is 9.53 Å². The molecule has 1 unspecified atom stereocenters. The maximum absolute atomic E-state index is 12.7. The minimum absolute atomic E-state index is 0.0403. The highest BCUT2D eigenvalue weighted by molar-refractivity contribution is 7.08. The number of carbonyl (C=O) groups is 2. The molecule has 0 aromatic carbocycles. The Kier molecular flexibility index (Phi) is 7.11. The summed E-state index contributed by atoms with van der Waals surface area (Å²) in [5.41, 5.74) is 0.736. The van der Waals surface area contributed by atoms with E-state index < -0.39 is 12.1 Å². The first-order chi connectivity index (χ1) is 14.7. The van der Waals surface area contributed by atoms with Crippen molar-refractivity contribution in [3.05, 3.63) is 40.8 Å². The van der Waals surface area contributed by atoms with Crippen molar-refractivity contribution < 1.29 is 32.6 Å². The fourth-order valence-corrected chi connectivity index (χ4v) is 4.17. The van der Waals surface area contributed by atoms with Crippen molar-refractivity contribution in [1.29, 1.82) is 0 Å². The van der Waals surface area contributed by atoms with Crippen LogP contribution in [0.1, 0.15) is 16.8 Å². The average molecular weight is 458 g/mol. The maximum atomic E-state index is 12.7. The molecule has 0 radical (unpaired) electrons. The van der Waals surface area contributed by atoms with Gasteiger partial charge < -0.3 is 19.6 Å². The number of carbonyl (C=O) groups excluding carboxylic acids is 1. The minimum Gasteiger partial charge on any atom is -0.475 e. The van der Waals surface area contributed by atoms with E-state index in [1.807, 2.05) is 27.8 Å². The lowest BCUT2D eigenvalue weighted by atomic mass is 9.87. The second-order valence-electron chi connectivity index (χ2n) is 7.31. The Morgan fingerprint density at radius 3 is 2.52 bits per heavy atom. The third-order valence-electron chi connectivity index (χ3n) is 5.01. The molecule has 8 nitrogen and oxygen atoms in total. The predicted octanol–water partition coefficient (Wildman–Crippen LogP) is 2.54. The monoisotopic (exact) mass is 458 g/mol. The van der Waals surface area contributed by atoms with Crippen molar-refractivity contribution in [3.8, 4) is 0 Å². The SMILES string of the molecule is O=C(O)C(F)(F)F.O=C(c1ccsc1)N1CCOCC2(CCN(c3ncccn3)C2)C1. The third-order valence-corrected chi connectivity index (χ3v) is 5.69. The molecule has 1 atom stereocenters. The highest BCUT2D eigenvalue weighted by Gasteiger charge is 2.43. The highest BCUT2D eigenvalue weighted by atomic mass is 32.1. The minimum atomic E-state index is -5.08. The number of amides is 1. The van der Waals surface area contributed by atoms with Crippen LogP contribution >= 0.6 is 11.3 Å². The quantitative estimate of drug-likeness (QED) is 0.739. The number of carboxylic acids is 1. The fraction of sp³-hybridized carbons (Fsp3) is 0.474. The van der Waals surface area contributed by atoms with Crippen molar-refractivity contribution in [2.45, 2.75) is 12.6 Å². The van der Waals surface area contributed by atoms with Crippen LogP contribution in [-0.4, -0.2) is 77.4 Å². The lowest BCUT2D eigenvalue weighted by Crippen LogP contribution is -2.43. The van der Waals surface area contributed by atoms with Crippen LogP contribution in [0.25, 0.3) is 0 Å². The Morgan fingerprint density at radius 2 is 1.90 bits per heavy atom. The van der Waals surface area contributed by atoms with Gasteiger partial charge in [0.15, 0.2) is 0 Å². The van der Waals surface area contributed by atoms with Gasteiger partial charge in [0.05, 0.1) is 18.8 Å². The molecular formula is C19H21F3N4O4S. The van der Waals surface area contributed by atoms with E-state index in [2.05, 4.69) is 14.9 Å². The molecular weight excluding hydrogens is 437 g/mol. The molecule has 4 heterocycles. The zero-order valence-electron chi connectivity index (χ0n) is 16.4. The van der Waals surface area contributed by atoms with E-state index in [1.54, 1.807) is 23.7 Å². The van der Waals surface area contributed by atoms with E-state index in [0.717, 1.165) is 37.6 Å². The van der Waals surface area contributed by atoms with E-state index in [-0.39, 0.29) is 11.3 Å². The smallest absolute Gasteiger partial charge is 0.475 e. The van der Waals surface area contributed by atoms with E-state index in [1.165, 1.54) is 0 Å². The number of aliphatic carboxylic acids is 1. The first-order valence-corrected chi connectivity index (χ1v) is 10.4. The molecule has 31 heavy (non-hydrogen) atoms. The highest BCUT2D eigenvalue weighted by Crippen LogP contribution is 2.35. The van der Waals surface area contributed by atoms with Gasteiger partial charge in [-0.1, -0.05) is 0 Å². The van der Waals surface area contributed by atoms with Gasteiger partial charge in [0, 0.05) is 49.4 Å². The van der Waals surface area contributed by atoms with Crippen LogP contribution in [0.3, 0.4) is 0 Å². The molecule has 1 N–H and O–H groups in total. The Labute approximate surface area is 180 Å². The molecule has 4 rings (SSSR count). The topological polar surface area (TPSA) is 95.9 Å². The molecule has 0 bridgehead atoms. The molecule has 1 spiro atoms. The molecule has 2 aliphatic heterocycles. The molecule has 2 aliphatic rings. The summed E-state index contributed by atoms with van der Waals surface area (Å²) >= 11 is 1.56. The number of anilines is 1. The normalized spacial score (nSPS) is 21.4. The summed E-state index contributed by atoms with van der Waals surface area (Å²) in [6.07, 6.45) is -0.564. The van der Waals surface area contributed by atoms with Crippen molar-refractivity contribution >= 4 is 29.2 Å². The van der Waals surface area contributed by atoms with Gasteiger partial charge in [0.25, 0.3) is 5.91 Å². The number of aromatic nitrogens is 2. The molecule has 12 heteroatoms. The number of hydrogen-bond acceptors (Lipinski definition) is 7. The predicted molar refractivity (Wildman–Crippen MR) is 106 cm³/mol. The van der Waals surface area contributed by atoms with Crippen molar-refractivity contribution in [2.24, 2.45) is 5.41 Å². The van der Waals surface area contributed by atoms with Crippen LogP contribution in [0, 0.1) is 5.41 Å². The van der Waals surface area contributed by atoms with Crippen LogP contribution in [0.2, 0.25) is 0 Å². The number of thiophene rings is 1. The number of hydrogen-bond donors (Lipinski definition) is 1. The van der Waals surface area contributed by atoms with Crippen molar-refractivity contribution in [3.63, 3.8) is 0 Å². The molecule has 2 saturated heterocycles. The Bertz CT molecular complexity index is 882. The summed E-state index contributed by atoms with van der Waals surface area (Å²) in [6.45, 7) is 4.38. The number of carboxylic acid groups (broad SMARTS) is 1. The van der Waals surface area contributed by atoms with E-state index in [4.69, 9.17) is 14.6 Å². The molecule has 0 aliphatic carbocycles. The van der Waals surface area contributed by atoms with Crippen LogP contribution in [0.5, 0.6) is 0 Å². The standard InChI is InChI=1S/C17H20N4O2S.C2HF3O2/c22-15(14-2-9-24-10-14)20-7-8-23-13-17(11-20)3-6-21(12-17)16-18-4-1-5-19-16;3-2(4,5)1(6)7/h1-2,4-5,9-10H,3,6-8,11-13H2;(H,6,7). The number of alkyl halides is 3. The Hall–Kier alpha value is -2.73. The number of rotatable bonds is 2. The molecule has 2 aromatic heterocycles. The van der Waals surface area contributed by atoms with E-state index >= 15 is 0 Å². The number of ether oxygens (including phenoxy) is 1. The summed E-state index contributed by atoms with van der Waals surface area (Å²) in [4.78, 5) is 34.5. The van der Waals surface area contributed by atoms with Gasteiger partial charge in [-0.15, -0.1) is 0 Å². The van der Waals surface area contributed by atoms with Crippen LogP contribution in [0.4, 0.5) is 19.1 Å². The van der Waals surface area contributed by atoms with Gasteiger partial charge in [0.2, 0.25) is 5.95 Å². The summed E-state index contributed by atoms with van der Waals surface area (Å²) in [7, 11) is 0. The second kappa shape index (κ2) is 9.60. The average Bonchev–Trinajstić information content (AvgIpc) is 3.36. The van der Waals surface area contributed by atoms with Gasteiger partial charge in [-0.25, -0.2) is 14.8 Å². The van der Waals surface area contributed by atoms with Gasteiger partial charge in [0.1, 0.15) is 0 Å². The lowest BCUT2D eigenvalue weighted by molar-refractivity contribution is -0.192. The van der Waals surface area contributed by atoms with Gasteiger partial charge >= 0.3 is 12.1 Å². The molecule has 0 saturated carbocycles. The third kappa shape index (κ3) is 5.91. The molecule has 2 aromatic rings. The van der Waals surface area contributed by atoms with Crippen LogP contribution in [0.15, 0.2) is 35.3 Å². The van der Waals surface area contributed by atoms with Crippen LogP contribution < -0.4 is 4.90 Å². The summed E-state index contributed by atoms with van der Waals surface area (Å²) in [5.74, 6) is -1.89. The van der Waals surface area contributed by atoms with E-state index in [0.29, 0.717) is 19.8 Å². The zero-order chi connectivity index (χ0) is 22.5. The van der Waals surface area contributed by atoms with Crippen molar-refractivity contribution in [2.75, 3.05) is 44.3 Å². The second-order valence-corrected chi connectivity index (χ2v) is 8.09. The molecule has 168 valence electrons. The lowest BCUT2D eigenvalue weighted by Gasteiger charge is -2.31. The summed E-state index contributed by atoms with van der Waals surface area (Å²) < 4.78 is 37.6. The first-order valence-electron chi connectivity index (χ1n) is 9.41. The molecule has 2 fully saturated rings. The molecule has 1 amide bonds. The Balaban J connectivity index is 0.000000339. The summed E-state index contributed by atoms with van der Waals surface area (Å²) in [5, 5.41) is 11.0. The van der Waals surface area contributed by atoms with E-state index in [9.17, 15) is 18.0 Å². The Morgan fingerprint density at radius 1 is 1.19 bits per heavy atom. The van der Waals surface area contributed by atoms with Gasteiger partial charge in [-0.05, 0) is 23.9 Å². The number of halogens is 3. The first kappa shape index (κ1) is 22.9.